The summed E-state index contributed by atoms with van der Waals surface area (Å²) in [7, 11) is 1.63. The molecule has 2 atom stereocenters. The SMILES string of the molecule is COc1ccc(C(Cc2ccc(F)cc2)NC(=O)N2CCC(C)C2)cc1. The van der Waals surface area contributed by atoms with Crippen molar-refractivity contribution in [2.45, 2.75) is 25.8 Å². The second kappa shape index (κ2) is 8.21. The molecule has 2 amide bonds. The number of amides is 2. The molecule has 0 radical (unpaired) electrons. The molecule has 0 aromatic heterocycles. The molecule has 0 saturated carbocycles. The minimum atomic E-state index is -0.259. The number of likely N-dealkylation sites (tertiary alicyclic amines) is 1. The first kappa shape index (κ1) is 18.2. The second-order valence-electron chi connectivity index (χ2n) is 6.95. The molecular weight excluding hydrogens is 331 g/mol. The number of nitrogens with zero attached hydrogens (tertiary/aromatic N) is 1. The van der Waals surface area contributed by atoms with Gasteiger partial charge in [-0.05, 0) is 54.2 Å². The van der Waals surface area contributed by atoms with Crippen molar-refractivity contribution in [1.82, 2.24) is 10.2 Å². The van der Waals surface area contributed by atoms with Gasteiger partial charge in [-0.3, -0.25) is 0 Å². The van der Waals surface area contributed by atoms with E-state index in [0.717, 1.165) is 36.4 Å². The van der Waals surface area contributed by atoms with Crippen molar-refractivity contribution in [3.63, 3.8) is 0 Å². The van der Waals surface area contributed by atoms with Crippen LogP contribution in [0.2, 0.25) is 0 Å². The van der Waals surface area contributed by atoms with E-state index in [9.17, 15) is 9.18 Å². The molecule has 3 rings (SSSR count). The number of ether oxygens (including phenoxy) is 1. The number of nitrogens with one attached hydrogen (secondary N) is 1. The van der Waals surface area contributed by atoms with Crippen molar-refractivity contribution in [1.29, 1.82) is 0 Å². The Morgan fingerprint density at radius 1 is 1.23 bits per heavy atom. The molecule has 2 aromatic carbocycles. The number of urea groups is 1. The van der Waals surface area contributed by atoms with Crippen LogP contribution in [0.3, 0.4) is 0 Å². The number of methoxy groups -OCH3 is 1. The molecule has 1 aliphatic heterocycles. The fraction of sp³-hybridized carbons (Fsp3) is 0.381. The van der Waals surface area contributed by atoms with Crippen molar-refractivity contribution in [2.75, 3.05) is 20.2 Å². The Balaban J connectivity index is 1.77. The van der Waals surface area contributed by atoms with Gasteiger partial charge in [-0.2, -0.15) is 0 Å². The molecule has 0 bridgehead atoms. The number of hydrogen-bond donors (Lipinski definition) is 1. The zero-order chi connectivity index (χ0) is 18.5. The molecule has 26 heavy (non-hydrogen) atoms. The normalized spacial score (nSPS) is 17.8. The first-order chi connectivity index (χ1) is 12.5. The summed E-state index contributed by atoms with van der Waals surface area (Å²) in [6, 6.07) is 13.9. The number of rotatable bonds is 5. The third kappa shape index (κ3) is 4.54. The maximum absolute atomic E-state index is 13.2. The van der Waals surface area contributed by atoms with Gasteiger partial charge in [-0.15, -0.1) is 0 Å². The van der Waals surface area contributed by atoms with Crippen LogP contribution in [-0.4, -0.2) is 31.1 Å². The summed E-state index contributed by atoms with van der Waals surface area (Å²) >= 11 is 0. The van der Waals surface area contributed by atoms with Gasteiger partial charge in [0.05, 0.1) is 13.2 Å². The van der Waals surface area contributed by atoms with E-state index < -0.39 is 0 Å². The molecule has 138 valence electrons. The Hall–Kier alpha value is -2.56. The summed E-state index contributed by atoms with van der Waals surface area (Å²) in [4.78, 5) is 14.5. The van der Waals surface area contributed by atoms with Gasteiger partial charge in [0.1, 0.15) is 11.6 Å². The minimum Gasteiger partial charge on any atom is -0.497 e. The van der Waals surface area contributed by atoms with E-state index in [2.05, 4.69) is 12.2 Å². The van der Waals surface area contributed by atoms with E-state index in [1.807, 2.05) is 29.2 Å². The van der Waals surface area contributed by atoms with Crippen LogP contribution < -0.4 is 10.1 Å². The van der Waals surface area contributed by atoms with Crippen LogP contribution >= 0.6 is 0 Å². The third-order valence-electron chi connectivity index (χ3n) is 4.88. The van der Waals surface area contributed by atoms with E-state index in [-0.39, 0.29) is 17.9 Å². The van der Waals surface area contributed by atoms with Crippen LogP contribution in [0.1, 0.15) is 30.5 Å². The molecule has 1 heterocycles. The van der Waals surface area contributed by atoms with Gasteiger partial charge >= 0.3 is 6.03 Å². The van der Waals surface area contributed by atoms with E-state index in [4.69, 9.17) is 4.74 Å². The smallest absolute Gasteiger partial charge is 0.317 e. The van der Waals surface area contributed by atoms with E-state index >= 15 is 0 Å². The van der Waals surface area contributed by atoms with Gasteiger partial charge in [-0.25, -0.2) is 9.18 Å². The largest absolute Gasteiger partial charge is 0.497 e. The lowest BCUT2D eigenvalue weighted by atomic mass is 9.98. The fourth-order valence-corrected chi connectivity index (χ4v) is 3.30. The van der Waals surface area contributed by atoms with Gasteiger partial charge < -0.3 is 15.0 Å². The van der Waals surface area contributed by atoms with Gasteiger partial charge in [0.15, 0.2) is 0 Å². The summed E-state index contributed by atoms with van der Waals surface area (Å²) in [5, 5.41) is 3.15. The van der Waals surface area contributed by atoms with Crippen molar-refractivity contribution in [3.8, 4) is 5.75 Å². The summed E-state index contributed by atoms with van der Waals surface area (Å²) < 4.78 is 18.4. The lowest BCUT2D eigenvalue weighted by molar-refractivity contribution is 0.203. The second-order valence-corrected chi connectivity index (χ2v) is 6.95. The van der Waals surface area contributed by atoms with Gasteiger partial charge in [-0.1, -0.05) is 31.2 Å². The van der Waals surface area contributed by atoms with Gasteiger partial charge in [0, 0.05) is 13.1 Å². The van der Waals surface area contributed by atoms with Crippen LogP contribution in [0.15, 0.2) is 48.5 Å². The molecule has 2 unspecified atom stereocenters. The first-order valence-corrected chi connectivity index (χ1v) is 8.99. The van der Waals surface area contributed by atoms with Gasteiger partial charge in [0.25, 0.3) is 0 Å². The molecule has 1 N–H and O–H groups in total. The average molecular weight is 356 g/mol. The molecule has 1 saturated heterocycles. The first-order valence-electron chi connectivity index (χ1n) is 8.99. The molecule has 2 aromatic rings. The lowest BCUT2D eigenvalue weighted by Crippen LogP contribution is -2.41. The lowest BCUT2D eigenvalue weighted by Gasteiger charge is -2.24. The summed E-state index contributed by atoms with van der Waals surface area (Å²) in [6.07, 6.45) is 1.64. The van der Waals surface area contributed by atoms with Crippen LogP contribution in [0, 0.1) is 11.7 Å². The Labute approximate surface area is 154 Å². The molecule has 1 fully saturated rings. The Kier molecular flexibility index (Phi) is 5.76. The van der Waals surface area contributed by atoms with E-state index in [0.29, 0.717) is 12.3 Å². The Bertz CT molecular complexity index is 731. The van der Waals surface area contributed by atoms with E-state index in [1.54, 1.807) is 19.2 Å². The van der Waals surface area contributed by atoms with Crippen molar-refractivity contribution in [3.05, 3.63) is 65.5 Å². The topological polar surface area (TPSA) is 41.6 Å². The standard InChI is InChI=1S/C21H25FN2O2/c1-15-11-12-24(14-15)21(25)23-20(13-16-3-7-18(22)8-4-16)17-5-9-19(26-2)10-6-17/h3-10,15,20H,11-14H2,1-2H3,(H,23,25). The average Bonchev–Trinajstić information content (AvgIpc) is 3.09. The zero-order valence-electron chi connectivity index (χ0n) is 15.2. The van der Waals surface area contributed by atoms with Crippen molar-refractivity contribution >= 4 is 6.03 Å². The molecule has 0 aliphatic carbocycles. The fourth-order valence-electron chi connectivity index (χ4n) is 3.30. The van der Waals surface area contributed by atoms with Gasteiger partial charge in [0.2, 0.25) is 0 Å². The number of carbonyl (C=O) groups excluding carboxylic acids is 1. The molecule has 4 nitrogen and oxygen atoms in total. The molecule has 5 heteroatoms. The molecule has 0 spiro atoms. The highest BCUT2D eigenvalue weighted by atomic mass is 19.1. The maximum atomic E-state index is 13.2. The van der Waals surface area contributed by atoms with Crippen molar-refractivity contribution in [2.24, 2.45) is 5.92 Å². The van der Waals surface area contributed by atoms with Crippen LogP contribution in [-0.2, 0) is 6.42 Å². The summed E-state index contributed by atoms with van der Waals surface area (Å²) in [5.41, 5.74) is 1.97. The number of hydrogen-bond acceptors (Lipinski definition) is 2. The van der Waals surface area contributed by atoms with Crippen LogP contribution in [0.4, 0.5) is 9.18 Å². The predicted octanol–water partition coefficient (Wildman–Crippen LogP) is 4.17. The predicted molar refractivity (Wildman–Crippen MR) is 99.7 cm³/mol. The highest BCUT2D eigenvalue weighted by molar-refractivity contribution is 5.75. The van der Waals surface area contributed by atoms with Crippen molar-refractivity contribution < 1.29 is 13.9 Å². The number of halogens is 1. The highest BCUT2D eigenvalue weighted by Crippen LogP contribution is 2.23. The summed E-state index contributed by atoms with van der Waals surface area (Å²) in [6.45, 7) is 3.74. The molecule has 1 aliphatic rings. The third-order valence-corrected chi connectivity index (χ3v) is 4.88. The summed E-state index contributed by atoms with van der Waals surface area (Å²) in [5.74, 6) is 1.05. The van der Waals surface area contributed by atoms with Crippen LogP contribution in [0.25, 0.3) is 0 Å². The zero-order valence-corrected chi connectivity index (χ0v) is 15.2. The quantitative estimate of drug-likeness (QED) is 0.874. The monoisotopic (exact) mass is 356 g/mol. The number of benzene rings is 2. The van der Waals surface area contributed by atoms with Crippen LogP contribution in [0.5, 0.6) is 5.75 Å². The minimum absolute atomic E-state index is 0.0442. The molecular formula is C21H25FN2O2. The highest BCUT2D eigenvalue weighted by Gasteiger charge is 2.25. The Morgan fingerprint density at radius 2 is 1.92 bits per heavy atom. The maximum Gasteiger partial charge on any atom is 0.317 e. The van der Waals surface area contributed by atoms with E-state index in [1.165, 1.54) is 12.1 Å². The number of carbonyl (C=O) groups is 1. The Morgan fingerprint density at radius 3 is 2.50 bits per heavy atom.